The Hall–Kier alpha value is -0.580. The third kappa shape index (κ3) is 2.88. The number of carboxylic acids is 1. The molecule has 0 amide bonds. The number of hydrogen-bond acceptors (Lipinski definition) is 3. The number of pyridine rings is 1. The van der Waals surface area contributed by atoms with Gasteiger partial charge in [0.05, 0.1) is 11.5 Å². The van der Waals surface area contributed by atoms with Crippen LogP contribution in [0, 0.1) is 5.21 Å². The summed E-state index contributed by atoms with van der Waals surface area (Å²) in [5.41, 5.74) is -0.113. The van der Waals surface area contributed by atoms with Gasteiger partial charge in [0.25, 0.3) is 0 Å². The molecular weight excluding hydrogens is 157 g/mol. The first-order valence-corrected chi connectivity index (χ1v) is 2.60. The van der Waals surface area contributed by atoms with Gasteiger partial charge < -0.3 is 15.1 Å². The van der Waals surface area contributed by atoms with Crippen molar-refractivity contribution < 1.29 is 44.2 Å². The predicted octanol–water partition coefficient (Wildman–Crippen LogP) is -4.31. The monoisotopic (exact) mass is 161 g/mol. The van der Waals surface area contributed by atoms with E-state index in [-0.39, 0.29) is 35.1 Å². The van der Waals surface area contributed by atoms with Crippen molar-refractivity contribution in [2.75, 3.05) is 0 Å². The number of carbonyl (C=O) groups is 1. The summed E-state index contributed by atoms with van der Waals surface area (Å²) in [6.07, 6.45) is 2.14. The van der Waals surface area contributed by atoms with Gasteiger partial charge in [0.15, 0.2) is 12.4 Å². The van der Waals surface area contributed by atoms with Gasteiger partial charge in [0, 0.05) is 6.07 Å². The molecule has 0 aliphatic carbocycles. The maximum absolute atomic E-state index is 10.4. The van der Waals surface area contributed by atoms with Crippen LogP contribution in [0.4, 0.5) is 0 Å². The maximum atomic E-state index is 10.4. The fourth-order valence-electron chi connectivity index (χ4n) is 0.575. The molecule has 0 fully saturated rings. The van der Waals surface area contributed by atoms with Crippen LogP contribution in [0.5, 0.6) is 0 Å². The van der Waals surface area contributed by atoms with Gasteiger partial charge >= 0.3 is 29.6 Å². The summed E-state index contributed by atoms with van der Waals surface area (Å²) in [5.74, 6) is -1.34. The Balaban J connectivity index is 0.000001000. The summed E-state index contributed by atoms with van der Waals surface area (Å²) in [6, 6.07) is 2.64. The topological polar surface area (TPSA) is 67.1 Å². The minimum absolute atomic E-state index is 0. The SMILES string of the molecule is O=C([O-])c1ccc[n+]([O-])c1.[Na+]. The molecule has 0 atom stereocenters. The molecule has 0 spiro atoms. The first kappa shape index (κ1) is 10.4. The molecule has 0 bridgehead atoms. The van der Waals surface area contributed by atoms with Crippen molar-refractivity contribution in [3.8, 4) is 0 Å². The third-order valence-electron chi connectivity index (χ3n) is 1.01. The molecule has 0 N–H and O–H groups in total. The summed E-state index contributed by atoms with van der Waals surface area (Å²) < 4.78 is 0.408. The largest absolute Gasteiger partial charge is 1.00 e. The van der Waals surface area contributed by atoms with E-state index in [9.17, 15) is 15.1 Å². The Labute approximate surface area is 85.3 Å². The van der Waals surface area contributed by atoms with Crippen molar-refractivity contribution in [1.29, 1.82) is 0 Å². The van der Waals surface area contributed by atoms with Crippen LogP contribution in [0.25, 0.3) is 0 Å². The average molecular weight is 161 g/mol. The molecule has 0 radical (unpaired) electrons. The summed E-state index contributed by atoms with van der Waals surface area (Å²) in [4.78, 5) is 10.1. The van der Waals surface area contributed by atoms with Crippen LogP contribution >= 0.6 is 0 Å². The zero-order valence-corrected chi connectivity index (χ0v) is 7.98. The number of carboxylic acid groups (broad SMARTS) is 1. The van der Waals surface area contributed by atoms with E-state index in [2.05, 4.69) is 0 Å². The van der Waals surface area contributed by atoms with Crippen molar-refractivity contribution in [2.24, 2.45) is 0 Å². The van der Waals surface area contributed by atoms with E-state index in [1.165, 1.54) is 18.3 Å². The minimum Gasteiger partial charge on any atom is -0.619 e. The van der Waals surface area contributed by atoms with Crippen LogP contribution in [0.2, 0.25) is 0 Å². The zero-order chi connectivity index (χ0) is 7.56. The van der Waals surface area contributed by atoms with Crippen molar-refractivity contribution >= 4 is 5.97 Å². The summed E-state index contributed by atoms with van der Waals surface area (Å²) in [7, 11) is 0. The standard InChI is InChI=1S/C6H5NO3.Na/c8-6(9)5-2-1-3-7(10)4-5;/h1-4H,(H,8,9);/q;+1/p-1. The molecule has 0 aromatic carbocycles. The Morgan fingerprint density at radius 3 is 2.55 bits per heavy atom. The van der Waals surface area contributed by atoms with Gasteiger partial charge in [-0.2, -0.15) is 4.73 Å². The molecule has 52 valence electrons. The number of carbonyl (C=O) groups excluding carboxylic acids is 1. The van der Waals surface area contributed by atoms with Crippen molar-refractivity contribution in [2.45, 2.75) is 0 Å². The average Bonchev–Trinajstić information content (AvgIpc) is 1.88. The van der Waals surface area contributed by atoms with Crippen molar-refractivity contribution in [3.05, 3.63) is 35.3 Å². The molecule has 5 heteroatoms. The van der Waals surface area contributed by atoms with Crippen LogP contribution in [0.3, 0.4) is 0 Å². The second-order valence-corrected chi connectivity index (χ2v) is 1.74. The van der Waals surface area contributed by atoms with Crippen LogP contribution < -0.4 is 39.4 Å². The van der Waals surface area contributed by atoms with Gasteiger partial charge in [0.2, 0.25) is 0 Å². The van der Waals surface area contributed by atoms with Gasteiger partial charge in [-0.1, -0.05) is 0 Å². The van der Waals surface area contributed by atoms with E-state index in [4.69, 9.17) is 0 Å². The first-order chi connectivity index (χ1) is 4.70. The quantitative estimate of drug-likeness (QED) is 0.238. The molecule has 11 heavy (non-hydrogen) atoms. The van der Waals surface area contributed by atoms with Gasteiger partial charge in [-0.05, 0) is 6.07 Å². The molecule has 1 aromatic heterocycles. The smallest absolute Gasteiger partial charge is 0.619 e. The fraction of sp³-hybridized carbons (Fsp3) is 0. The molecular formula is C6H4NNaO3. The van der Waals surface area contributed by atoms with E-state index in [0.717, 1.165) is 6.20 Å². The van der Waals surface area contributed by atoms with E-state index >= 15 is 0 Å². The number of aromatic nitrogens is 1. The number of aromatic carboxylic acids is 1. The van der Waals surface area contributed by atoms with Gasteiger partial charge in [-0.15, -0.1) is 0 Å². The molecule has 0 unspecified atom stereocenters. The Kier molecular flexibility index (Phi) is 4.10. The van der Waals surface area contributed by atoms with E-state index < -0.39 is 5.97 Å². The summed E-state index contributed by atoms with van der Waals surface area (Å²) in [5, 5.41) is 20.5. The minimum atomic E-state index is -1.34. The summed E-state index contributed by atoms with van der Waals surface area (Å²) in [6.45, 7) is 0. The predicted molar refractivity (Wildman–Crippen MR) is 29.7 cm³/mol. The van der Waals surface area contributed by atoms with Crippen molar-refractivity contribution in [1.82, 2.24) is 0 Å². The number of rotatable bonds is 1. The molecule has 4 nitrogen and oxygen atoms in total. The fourth-order valence-corrected chi connectivity index (χ4v) is 0.575. The number of hydrogen-bond donors (Lipinski definition) is 0. The molecule has 1 heterocycles. The second-order valence-electron chi connectivity index (χ2n) is 1.74. The van der Waals surface area contributed by atoms with Gasteiger partial charge in [0.1, 0.15) is 0 Å². The van der Waals surface area contributed by atoms with Crippen LogP contribution in [0.15, 0.2) is 24.5 Å². The molecule has 0 saturated carbocycles. The Bertz CT molecular complexity index is 264. The van der Waals surface area contributed by atoms with E-state index in [0.29, 0.717) is 4.73 Å². The van der Waals surface area contributed by atoms with E-state index in [1.54, 1.807) is 0 Å². The molecule has 0 aliphatic heterocycles. The van der Waals surface area contributed by atoms with Gasteiger partial charge in [-0.25, -0.2) is 0 Å². The van der Waals surface area contributed by atoms with Gasteiger partial charge in [-0.3, -0.25) is 0 Å². The second kappa shape index (κ2) is 4.33. The Morgan fingerprint density at radius 1 is 1.55 bits per heavy atom. The van der Waals surface area contributed by atoms with Crippen molar-refractivity contribution in [3.63, 3.8) is 0 Å². The van der Waals surface area contributed by atoms with Crippen LogP contribution in [-0.4, -0.2) is 5.97 Å². The molecule has 0 aliphatic rings. The third-order valence-corrected chi connectivity index (χ3v) is 1.01. The first-order valence-electron chi connectivity index (χ1n) is 2.60. The maximum Gasteiger partial charge on any atom is 1.00 e. The summed E-state index contributed by atoms with van der Waals surface area (Å²) >= 11 is 0. The number of nitrogens with zero attached hydrogens (tertiary/aromatic N) is 1. The molecule has 0 saturated heterocycles. The van der Waals surface area contributed by atoms with Crippen LogP contribution in [0.1, 0.15) is 10.4 Å². The molecule has 1 aromatic rings. The Morgan fingerprint density at radius 2 is 2.18 bits per heavy atom. The normalized spacial score (nSPS) is 8.36. The van der Waals surface area contributed by atoms with Crippen LogP contribution in [-0.2, 0) is 0 Å². The molecule has 1 rings (SSSR count). The van der Waals surface area contributed by atoms with E-state index in [1.807, 2.05) is 0 Å². The zero-order valence-electron chi connectivity index (χ0n) is 5.98.